The number of Topliss-reactive ketones (excluding diaryl/α,β-unsaturated/α-hetero) is 1. The van der Waals surface area contributed by atoms with E-state index in [0.29, 0.717) is 36.6 Å². The van der Waals surface area contributed by atoms with Crippen molar-refractivity contribution in [3.63, 3.8) is 0 Å². The molecule has 1 aliphatic heterocycles. The summed E-state index contributed by atoms with van der Waals surface area (Å²) in [6.45, 7) is 0.423. The highest BCUT2D eigenvalue weighted by atomic mass is 16.5. The number of pyridine rings is 1. The number of allylic oxidation sites excluding steroid dienone is 2. The molecule has 0 bridgehead atoms. The van der Waals surface area contributed by atoms with Gasteiger partial charge in [-0.25, -0.2) is 0 Å². The van der Waals surface area contributed by atoms with Crippen molar-refractivity contribution in [3.8, 4) is 11.5 Å². The van der Waals surface area contributed by atoms with E-state index in [2.05, 4.69) is 4.98 Å². The Bertz CT molecular complexity index is 1240. The number of ether oxygens (including phenoxy) is 2. The third kappa shape index (κ3) is 4.19. The van der Waals surface area contributed by atoms with E-state index < -0.39 is 0 Å². The average molecular weight is 455 g/mol. The molecule has 34 heavy (non-hydrogen) atoms. The molecular weight excluding hydrogens is 428 g/mol. The summed E-state index contributed by atoms with van der Waals surface area (Å²) in [7, 11) is 1.60. The first-order chi connectivity index (χ1) is 16.7. The summed E-state index contributed by atoms with van der Waals surface area (Å²) < 4.78 is 11.6. The third-order valence-corrected chi connectivity index (χ3v) is 6.41. The summed E-state index contributed by atoms with van der Waals surface area (Å²) in [6, 6.07) is 19.3. The molecule has 1 aliphatic carbocycles. The van der Waals surface area contributed by atoms with Crippen LogP contribution in [0, 0.1) is 0 Å². The van der Waals surface area contributed by atoms with Gasteiger partial charge in [0, 0.05) is 36.2 Å². The molecule has 5 rings (SSSR count). The molecule has 172 valence electrons. The third-order valence-electron chi connectivity index (χ3n) is 6.41. The van der Waals surface area contributed by atoms with Crippen LogP contribution in [0.2, 0.25) is 0 Å². The van der Waals surface area contributed by atoms with E-state index in [1.165, 1.54) is 0 Å². The molecule has 0 fully saturated rings. The van der Waals surface area contributed by atoms with Gasteiger partial charge in [-0.15, -0.1) is 0 Å². The summed E-state index contributed by atoms with van der Waals surface area (Å²) in [5.41, 5.74) is 4.18. The molecule has 2 aliphatic rings. The number of nitrogens with zero attached hydrogens (tertiary/aromatic N) is 2. The van der Waals surface area contributed by atoms with Crippen LogP contribution in [0.4, 0.5) is 5.69 Å². The Balaban J connectivity index is 1.49. The van der Waals surface area contributed by atoms with Crippen LogP contribution in [0.15, 0.2) is 84.3 Å². The van der Waals surface area contributed by atoms with Crippen LogP contribution >= 0.6 is 0 Å². The molecule has 6 nitrogen and oxygen atoms in total. The van der Waals surface area contributed by atoms with Crippen molar-refractivity contribution in [2.75, 3.05) is 12.0 Å². The lowest BCUT2D eigenvalue weighted by atomic mass is 9.77. The number of carbonyl (C=O) groups is 2. The second-order valence-corrected chi connectivity index (χ2v) is 8.52. The zero-order valence-corrected chi connectivity index (χ0v) is 19.1. The minimum atomic E-state index is -0.305. The number of amides is 1. The van der Waals surface area contributed by atoms with Crippen LogP contribution in [0.25, 0.3) is 0 Å². The second kappa shape index (κ2) is 9.51. The highest BCUT2D eigenvalue weighted by molar-refractivity contribution is 6.07. The largest absolute Gasteiger partial charge is 0.493 e. The summed E-state index contributed by atoms with van der Waals surface area (Å²) in [6.07, 6.45) is 5.49. The molecule has 0 N–H and O–H groups in total. The Labute approximate surface area is 198 Å². The number of hydrogen-bond acceptors (Lipinski definition) is 5. The SMILES string of the molecule is COc1cc(C2CC(=O)N(c3cccnc3)C3=C2C(=O)CCC3)ccc1OCc1ccccc1. The van der Waals surface area contributed by atoms with Gasteiger partial charge >= 0.3 is 0 Å². The zero-order valence-electron chi connectivity index (χ0n) is 19.1. The predicted octanol–water partition coefficient (Wildman–Crippen LogP) is 5.20. The lowest BCUT2D eigenvalue weighted by molar-refractivity contribution is -0.119. The Morgan fingerprint density at radius 3 is 2.62 bits per heavy atom. The molecule has 1 aromatic heterocycles. The summed E-state index contributed by atoms with van der Waals surface area (Å²) in [5, 5.41) is 0. The molecule has 1 unspecified atom stereocenters. The fourth-order valence-electron chi connectivity index (χ4n) is 4.82. The standard InChI is InChI=1S/C28H26N2O4/c1-33-26-15-20(12-13-25(26)34-18-19-7-3-2-4-8-19)22-16-27(32)30(21-9-6-14-29-17-21)23-10-5-11-24(31)28(22)23/h2-4,6-9,12-15,17,22H,5,10-11,16,18H2,1H3. The van der Waals surface area contributed by atoms with E-state index in [4.69, 9.17) is 9.47 Å². The molecular formula is C28H26N2O4. The fourth-order valence-corrected chi connectivity index (χ4v) is 4.82. The van der Waals surface area contributed by atoms with E-state index in [0.717, 1.165) is 28.8 Å². The highest BCUT2D eigenvalue weighted by Gasteiger charge is 2.40. The van der Waals surface area contributed by atoms with Crippen molar-refractivity contribution in [1.82, 2.24) is 4.98 Å². The van der Waals surface area contributed by atoms with Crippen LogP contribution < -0.4 is 14.4 Å². The maximum absolute atomic E-state index is 13.3. The quantitative estimate of drug-likeness (QED) is 0.512. The molecule has 3 aromatic rings. The van der Waals surface area contributed by atoms with Crippen LogP contribution in [0.3, 0.4) is 0 Å². The van der Waals surface area contributed by atoms with Crippen LogP contribution in [0.1, 0.15) is 42.7 Å². The molecule has 1 atom stereocenters. The zero-order chi connectivity index (χ0) is 23.5. The van der Waals surface area contributed by atoms with Crippen LogP contribution in [-0.4, -0.2) is 23.8 Å². The summed E-state index contributed by atoms with van der Waals surface area (Å²) in [4.78, 5) is 32.3. The van der Waals surface area contributed by atoms with Crippen molar-refractivity contribution >= 4 is 17.4 Å². The minimum Gasteiger partial charge on any atom is -0.493 e. The Kier molecular flexibility index (Phi) is 6.12. The van der Waals surface area contributed by atoms with Gasteiger partial charge in [0.1, 0.15) is 6.61 Å². The Morgan fingerprint density at radius 2 is 1.85 bits per heavy atom. The fraction of sp³-hybridized carbons (Fsp3) is 0.250. The number of benzene rings is 2. The van der Waals surface area contributed by atoms with E-state index >= 15 is 0 Å². The highest BCUT2D eigenvalue weighted by Crippen LogP contribution is 2.44. The molecule has 1 amide bonds. The number of carbonyl (C=O) groups excluding carboxylic acids is 2. The monoisotopic (exact) mass is 454 g/mol. The second-order valence-electron chi connectivity index (χ2n) is 8.52. The van der Waals surface area contributed by atoms with Gasteiger partial charge in [0.25, 0.3) is 0 Å². The van der Waals surface area contributed by atoms with E-state index in [9.17, 15) is 9.59 Å². The number of methoxy groups -OCH3 is 1. The van der Waals surface area contributed by atoms with Gasteiger partial charge in [-0.05, 0) is 48.2 Å². The lowest BCUT2D eigenvalue weighted by Gasteiger charge is -2.38. The van der Waals surface area contributed by atoms with Crippen molar-refractivity contribution in [2.45, 2.75) is 38.2 Å². The first kappa shape index (κ1) is 21.9. The average Bonchev–Trinajstić information content (AvgIpc) is 2.88. The molecule has 0 saturated heterocycles. The van der Waals surface area contributed by atoms with Crippen molar-refractivity contribution in [3.05, 3.63) is 95.5 Å². The van der Waals surface area contributed by atoms with E-state index in [-0.39, 0.29) is 24.0 Å². The first-order valence-electron chi connectivity index (χ1n) is 11.5. The van der Waals surface area contributed by atoms with Crippen molar-refractivity contribution in [2.24, 2.45) is 0 Å². The number of ketones is 1. The molecule has 0 radical (unpaired) electrons. The van der Waals surface area contributed by atoms with Gasteiger partial charge in [0.2, 0.25) is 5.91 Å². The molecule has 2 aromatic carbocycles. The number of rotatable bonds is 6. The maximum atomic E-state index is 13.3. The Hall–Kier alpha value is -3.93. The maximum Gasteiger partial charge on any atom is 0.232 e. The smallest absolute Gasteiger partial charge is 0.232 e. The molecule has 6 heteroatoms. The number of aromatic nitrogens is 1. The van der Waals surface area contributed by atoms with Gasteiger partial charge in [-0.3, -0.25) is 19.5 Å². The Morgan fingerprint density at radius 1 is 1.00 bits per heavy atom. The van der Waals surface area contributed by atoms with Gasteiger partial charge in [0.15, 0.2) is 17.3 Å². The van der Waals surface area contributed by atoms with Crippen LogP contribution in [-0.2, 0) is 16.2 Å². The van der Waals surface area contributed by atoms with Gasteiger partial charge in [-0.1, -0.05) is 36.4 Å². The minimum absolute atomic E-state index is 0.0326. The normalized spacial score (nSPS) is 18.0. The van der Waals surface area contributed by atoms with Gasteiger partial charge in [-0.2, -0.15) is 0 Å². The number of hydrogen-bond donors (Lipinski definition) is 0. The van der Waals surface area contributed by atoms with Crippen molar-refractivity contribution in [1.29, 1.82) is 0 Å². The van der Waals surface area contributed by atoms with E-state index in [1.807, 2.05) is 54.6 Å². The molecule has 0 spiro atoms. The number of anilines is 1. The summed E-state index contributed by atoms with van der Waals surface area (Å²) in [5.74, 6) is 0.977. The topological polar surface area (TPSA) is 68.7 Å². The first-order valence-corrected chi connectivity index (χ1v) is 11.5. The molecule has 2 heterocycles. The predicted molar refractivity (Wildman–Crippen MR) is 129 cm³/mol. The van der Waals surface area contributed by atoms with Crippen molar-refractivity contribution < 1.29 is 19.1 Å². The molecule has 0 saturated carbocycles. The summed E-state index contributed by atoms with van der Waals surface area (Å²) >= 11 is 0. The van der Waals surface area contributed by atoms with E-state index in [1.54, 1.807) is 30.5 Å². The van der Waals surface area contributed by atoms with Gasteiger partial charge in [0.05, 0.1) is 19.0 Å². The van der Waals surface area contributed by atoms with Gasteiger partial charge < -0.3 is 9.47 Å². The lowest BCUT2D eigenvalue weighted by Crippen LogP contribution is -2.40. The van der Waals surface area contributed by atoms with Crippen LogP contribution in [0.5, 0.6) is 11.5 Å².